The highest BCUT2D eigenvalue weighted by atomic mass is 16.7. The Balaban J connectivity index is 1.88. The molecule has 128 valence electrons. The smallest absolute Gasteiger partial charge is 0.465 e. The number of amides is 1. The van der Waals surface area contributed by atoms with Gasteiger partial charge in [-0.25, -0.2) is 9.48 Å². The van der Waals surface area contributed by atoms with Crippen LogP contribution in [0.2, 0.25) is 0 Å². The average molecular weight is 332 g/mol. The van der Waals surface area contributed by atoms with Crippen molar-refractivity contribution in [3.05, 3.63) is 18.2 Å². The van der Waals surface area contributed by atoms with Gasteiger partial charge in [0.05, 0.1) is 23.3 Å². The molecule has 8 nitrogen and oxygen atoms in total. The molecule has 3 rings (SSSR count). The van der Waals surface area contributed by atoms with Crippen LogP contribution in [-0.2, 0) is 15.9 Å². The third-order valence-corrected chi connectivity index (χ3v) is 4.68. The number of hydrogen-bond acceptors (Lipinski definition) is 5. The Bertz CT molecular complexity index is 758. The third-order valence-electron chi connectivity index (χ3n) is 4.68. The van der Waals surface area contributed by atoms with Crippen LogP contribution in [0.15, 0.2) is 18.2 Å². The lowest BCUT2D eigenvalue weighted by atomic mass is 9.78. The molecule has 0 saturated carbocycles. The lowest BCUT2D eigenvalue weighted by Gasteiger charge is -2.32. The van der Waals surface area contributed by atoms with Crippen molar-refractivity contribution in [3.63, 3.8) is 0 Å². The van der Waals surface area contributed by atoms with E-state index in [0.717, 1.165) is 11.0 Å². The lowest BCUT2D eigenvalue weighted by molar-refractivity contribution is 0.00578. The topological polar surface area (TPSA) is 98.5 Å². The van der Waals surface area contributed by atoms with Crippen molar-refractivity contribution >= 4 is 29.7 Å². The van der Waals surface area contributed by atoms with Gasteiger partial charge < -0.3 is 19.7 Å². The summed E-state index contributed by atoms with van der Waals surface area (Å²) in [5.74, 6) is 0. The molecule has 1 aliphatic rings. The van der Waals surface area contributed by atoms with E-state index in [0.29, 0.717) is 12.1 Å². The highest BCUT2D eigenvalue weighted by molar-refractivity contribution is 6.64. The normalized spacial score (nSPS) is 18.9. The number of carbonyl (C=O) groups is 1. The number of fused-ring (bicyclic) bond motifs is 1. The predicted octanol–water partition coefficient (Wildman–Crippen LogP) is 0.998. The molecule has 0 bridgehead atoms. The van der Waals surface area contributed by atoms with Gasteiger partial charge in [-0.3, -0.25) is 0 Å². The minimum absolute atomic E-state index is 0.258. The van der Waals surface area contributed by atoms with E-state index in [2.05, 4.69) is 15.6 Å². The van der Waals surface area contributed by atoms with Crippen molar-refractivity contribution in [2.24, 2.45) is 0 Å². The van der Waals surface area contributed by atoms with E-state index in [1.54, 1.807) is 4.68 Å². The van der Waals surface area contributed by atoms with Crippen molar-refractivity contribution in [1.82, 2.24) is 20.3 Å². The van der Waals surface area contributed by atoms with E-state index >= 15 is 0 Å². The van der Waals surface area contributed by atoms with E-state index in [1.807, 2.05) is 45.9 Å². The van der Waals surface area contributed by atoms with Gasteiger partial charge in [-0.05, 0) is 33.8 Å². The van der Waals surface area contributed by atoms with E-state index in [-0.39, 0.29) is 6.54 Å². The maximum absolute atomic E-state index is 10.6. The predicted molar refractivity (Wildman–Crippen MR) is 89.3 cm³/mol. The first-order valence-electron chi connectivity index (χ1n) is 7.86. The third kappa shape index (κ3) is 2.85. The molecule has 0 atom stereocenters. The average Bonchev–Trinajstić information content (AvgIpc) is 2.97. The van der Waals surface area contributed by atoms with E-state index in [1.165, 1.54) is 0 Å². The fourth-order valence-electron chi connectivity index (χ4n) is 2.61. The molecule has 2 aromatic rings. The van der Waals surface area contributed by atoms with Crippen LogP contribution in [-0.4, -0.2) is 51.1 Å². The molecule has 0 unspecified atom stereocenters. The van der Waals surface area contributed by atoms with Crippen LogP contribution in [0.4, 0.5) is 4.79 Å². The van der Waals surface area contributed by atoms with Crippen LogP contribution in [0.3, 0.4) is 0 Å². The van der Waals surface area contributed by atoms with Gasteiger partial charge in [0, 0.05) is 12.0 Å². The largest absolute Gasteiger partial charge is 0.497 e. The summed E-state index contributed by atoms with van der Waals surface area (Å²) in [5, 5.41) is 19.3. The molecule has 2 heterocycles. The maximum atomic E-state index is 10.6. The second-order valence-corrected chi connectivity index (χ2v) is 6.85. The number of carboxylic acid groups (broad SMARTS) is 1. The zero-order chi connectivity index (χ0) is 17.5. The molecule has 0 aliphatic carbocycles. The van der Waals surface area contributed by atoms with Crippen molar-refractivity contribution < 1.29 is 19.2 Å². The summed E-state index contributed by atoms with van der Waals surface area (Å²) >= 11 is 0. The van der Waals surface area contributed by atoms with Crippen molar-refractivity contribution in [3.8, 4) is 0 Å². The van der Waals surface area contributed by atoms with Crippen molar-refractivity contribution in [2.45, 2.75) is 45.4 Å². The first kappa shape index (κ1) is 16.7. The first-order chi connectivity index (χ1) is 11.2. The Morgan fingerprint density at radius 1 is 1.29 bits per heavy atom. The van der Waals surface area contributed by atoms with Gasteiger partial charge in [0.25, 0.3) is 0 Å². The first-order valence-corrected chi connectivity index (χ1v) is 7.86. The molecule has 2 N–H and O–H groups in total. The summed E-state index contributed by atoms with van der Waals surface area (Å²) in [6.07, 6.45) is -1.06. The van der Waals surface area contributed by atoms with Gasteiger partial charge in [-0.15, -0.1) is 5.10 Å². The van der Waals surface area contributed by atoms with Crippen LogP contribution in [0.5, 0.6) is 0 Å². The quantitative estimate of drug-likeness (QED) is 0.811. The zero-order valence-electron chi connectivity index (χ0n) is 14.2. The molecule has 9 heteroatoms. The lowest BCUT2D eigenvalue weighted by Crippen LogP contribution is -2.41. The SMILES string of the molecule is CC1(C)OB(c2cccc3c2nnn3CCNC(=O)O)OC1(C)C. The van der Waals surface area contributed by atoms with Gasteiger partial charge in [-0.2, -0.15) is 0 Å². The summed E-state index contributed by atoms with van der Waals surface area (Å²) in [7, 11) is -0.513. The highest BCUT2D eigenvalue weighted by Crippen LogP contribution is 2.36. The molecular formula is C15H21BN4O4. The monoisotopic (exact) mass is 332 g/mol. The Kier molecular flexibility index (Phi) is 4.01. The van der Waals surface area contributed by atoms with E-state index < -0.39 is 24.4 Å². The molecule has 1 aromatic carbocycles. The summed E-state index contributed by atoms with van der Waals surface area (Å²) in [5.41, 5.74) is 1.48. The minimum Gasteiger partial charge on any atom is -0.465 e. The second kappa shape index (κ2) is 5.75. The number of hydrogen-bond donors (Lipinski definition) is 2. The summed E-state index contributed by atoms with van der Waals surface area (Å²) in [4.78, 5) is 10.6. The van der Waals surface area contributed by atoms with Crippen LogP contribution in [0, 0.1) is 0 Å². The molecular weight excluding hydrogens is 311 g/mol. The van der Waals surface area contributed by atoms with Gasteiger partial charge in [-0.1, -0.05) is 17.3 Å². The molecule has 0 spiro atoms. The number of nitrogens with one attached hydrogen (secondary N) is 1. The molecule has 1 fully saturated rings. The molecule has 1 amide bonds. The van der Waals surface area contributed by atoms with Crippen molar-refractivity contribution in [1.29, 1.82) is 0 Å². The van der Waals surface area contributed by atoms with Gasteiger partial charge in [0.15, 0.2) is 0 Å². The van der Waals surface area contributed by atoms with Crippen molar-refractivity contribution in [2.75, 3.05) is 6.54 Å². The fourth-order valence-corrected chi connectivity index (χ4v) is 2.61. The van der Waals surface area contributed by atoms with Crippen LogP contribution in [0.1, 0.15) is 27.7 Å². The maximum Gasteiger partial charge on any atom is 0.497 e. The minimum atomic E-state index is -1.06. The van der Waals surface area contributed by atoms with Gasteiger partial charge in [0.1, 0.15) is 5.52 Å². The molecule has 1 saturated heterocycles. The van der Waals surface area contributed by atoms with E-state index in [9.17, 15) is 4.79 Å². The summed E-state index contributed by atoms with van der Waals surface area (Å²) in [6, 6.07) is 5.71. The number of benzene rings is 1. The standard InChI is InChI=1S/C15H21BN4O4/c1-14(2)15(3,4)24-16(23-14)10-6-5-7-11-12(10)18-19-20(11)9-8-17-13(21)22/h5-7,17H,8-9H2,1-4H3,(H,21,22). The number of aromatic nitrogens is 3. The molecule has 1 aromatic heterocycles. The van der Waals surface area contributed by atoms with Crippen LogP contribution >= 0.6 is 0 Å². The van der Waals surface area contributed by atoms with Gasteiger partial charge in [0.2, 0.25) is 0 Å². The molecule has 24 heavy (non-hydrogen) atoms. The fraction of sp³-hybridized carbons (Fsp3) is 0.533. The Morgan fingerprint density at radius 3 is 2.58 bits per heavy atom. The second-order valence-electron chi connectivity index (χ2n) is 6.85. The van der Waals surface area contributed by atoms with Gasteiger partial charge >= 0.3 is 13.2 Å². The zero-order valence-corrected chi connectivity index (χ0v) is 14.2. The number of rotatable bonds is 4. The molecule has 1 aliphatic heterocycles. The Hall–Kier alpha value is -2.13. The van der Waals surface area contributed by atoms with Crippen LogP contribution in [0.25, 0.3) is 11.0 Å². The van der Waals surface area contributed by atoms with E-state index in [4.69, 9.17) is 14.4 Å². The Morgan fingerprint density at radius 2 is 1.96 bits per heavy atom. The number of nitrogens with zero attached hydrogens (tertiary/aromatic N) is 3. The molecule has 0 radical (unpaired) electrons. The highest BCUT2D eigenvalue weighted by Gasteiger charge is 2.52. The Labute approximate surface area is 140 Å². The summed E-state index contributed by atoms with van der Waals surface area (Å²) in [6.45, 7) is 8.66. The van der Waals surface area contributed by atoms with Crippen LogP contribution < -0.4 is 10.8 Å². The summed E-state index contributed by atoms with van der Waals surface area (Å²) < 4.78 is 13.8.